The summed E-state index contributed by atoms with van der Waals surface area (Å²) in [7, 11) is 4.78. The highest BCUT2D eigenvalue weighted by Crippen LogP contribution is 2.33. The molecule has 0 aliphatic heterocycles. The molecule has 1 rings (SSSR count). The van der Waals surface area contributed by atoms with Gasteiger partial charge in [0.1, 0.15) is 0 Å². The largest absolute Gasteiger partial charge is 0.493 e. The number of carboxylic acids is 1. The standard InChI is InChI=1S/C14H20O5/c1-17-9-11-7-10(5-4-6-13(15)16)8-12(18-2)14(11)19-3/h7-8H,4-6,9H2,1-3H3,(H,15,16). The Kier molecular flexibility index (Phi) is 6.15. The fraction of sp³-hybridized carbons (Fsp3) is 0.500. The zero-order valence-electron chi connectivity index (χ0n) is 11.6. The molecule has 5 nitrogen and oxygen atoms in total. The molecule has 5 heteroatoms. The molecule has 0 radical (unpaired) electrons. The van der Waals surface area contributed by atoms with Gasteiger partial charge in [-0.1, -0.05) is 0 Å². The van der Waals surface area contributed by atoms with Gasteiger partial charge >= 0.3 is 5.97 Å². The topological polar surface area (TPSA) is 65.0 Å². The van der Waals surface area contributed by atoms with Crippen LogP contribution in [-0.2, 0) is 22.6 Å². The van der Waals surface area contributed by atoms with Crippen molar-refractivity contribution in [3.63, 3.8) is 0 Å². The number of aliphatic carboxylic acids is 1. The molecule has 1 aromatic carbocycles. The van der Waals surface area contributed by atoms with Crippen molar-refractivity contribution in [2.45, 2.75) is 25.9 Å². The van der Waals surface area contributed by atoms with Gasteiger partial charge in [0.2, 0.25) is 0 Å². The summed E-state index contributed by atoms with van der Waals surface area (Å²) in [6, 6.07) is 3.84. The van der Waals surface area contributed by atoms with E-state index in [0.29, 0.717) is 30.9 Å². The first-order valence-corrected chi connectivity index (χ1v) is 6.06. The minimum atomic E-state index is -0.780. The fourth-order valence-electron chi connectivity index (χ4n) is 1.96. The average molecular weight is 268 g/mol. The number of hydrogen-bond acceptors (Lipinski definition) is 4. The molecule has 0 amide bonds. The second-order valence-electron chi connectivity index (χ2n) is 4.17. The quantitative estimate of drug-likeness (QED) is 0.783. The second-order valence-corrected chi connectivity index (χ2v) is 4.17. The van der Waals surface area contributed by atoms with Crippen molar-refractivity contribution in [1.82, 2.24) is 0 Å². The van der Waals surface area contributed by atoms with Crippen LogP contribution in [0.25, 0.3) is 0 Å². The van der Waals surface area contributed by atoms with E-state index in [2.05, 4.69) is 0 Å². The highest BCUT2D eigenvalue weighted by Gasteiger charge is 2.12. The zero-order chi connectivity index (χ0) is 14.3. The summed E-state index contributed by atoms with van der Waals surface area (Å²) >= 11 is 0. The third kappa shape index (κ3) is 4.44. The number of carboxylic acid groups (broad SMARTS) is 1. The first-order chi connectivity index (χ1) is 9.12. The van der Waals surface area contributed by atoms with Crippen LogP contribution in [0.15, 0.2) is 12.1 Å². The van der Waals surface area contributed by atoms with Gasteiger partial charge in [-0.25, -0.2) is 0 Å². The maximum absolute atomic E-state index is 10.5. The summed E-state index contributed by atoms with van der Waals surface area (Å²) in [4.78, 5) is 10.5. The number of hydrogen-bond donors (Lipinski definition) is 1. The van der Waals surface area contributed by atoms with Crippen molar-refractivity contribution in [2.75, 3.05) is 21.3 Å². The summed E-state index contributed by atoms with van der Waals surface area (Å²) < 4.78 is 15.8. The predicted octanol–water partition coefficient (Wildman–Crippen LogP) is 2.26. The smallest absolute Gasteiger partial charge is 0.303 e. The molecule has 0 aromatic heterocycles. The fourth-order valence-corrected chi connectivity index (χ4v) is 1.96. The first kappa shape index (κ1) is 15.3. The monoisotopic (exact) mass is 268 g/mol. The molecule has 0 saturated heterocycles. The Morgan fingerprint density at radius 2 is 1.95 bits per heavy atom. The van der Waals surface area contributed by atoms with Crippen molar-refractivity contribution in [3.05, 3.63) is 23.3 Å². The number of rotatable bonds is 8. The van der Waals surface area contributed by atoms with E-state index in [1.807, 2.05) is 12.1 Å². The molecule has 0 heterocycles. The number of methoxy groups -OCH3 is 3. The van der Waals surface area contributed by atoms with Crippen molar-refractivity contribution in [3.8, 4) is 11.5 Å². The van der Waals surface area contributed by atoms with Crippen LogP contribution < -0.4 is 9.47 Å². The lowest BCUT2D eigenvalue weighted by Crippen LogP contribution is -2.01. The summed E-state index contributed by atoms with van der Waals surface area (Å²) in [5.41, 5.74) is 1.92. The van der Waals surface area contributed by atoms with E-state index in [1.165, 1.54) is 0 Å². The summed E-state index contributed by atoms with van der Waals surface area (Å²) in [6.45, 7) is 0.423. The van der Waals surface area contributed by atoms with Crippen molar-refractivity contribution < 1.29 is 24.1 Å². The highest BCUT2D eigenvalue weighted by atomic mass is 16.5. The lowest BCUT2D eigenvalue weighted by molar-refractivity contribution is -0.137. The summed E-state index contributed by atoms with van der Waals surface area (Å²) in [5, 5.41) is 8.65. The predicted molar refractivity (Wildman–Crippen MR) is 70.8 cm³/mol. The normalized spacial score (nSPS) is 10.3. The molecule has 0 unspecified atom stereocenters. The summed E-state index contributed by atoms with van der Waals surface area (Å²) in [6.07, 6.45) is 1.44. The minimum Gasteiger partial charge on any atom is -0.493 e. The number of benzene rings is 1. The third-order valence-corrected chi connectivity index (χ3v) is 2.77. The highest BCUT2D eigenvalue weighted by molar-refractivity contribution is 5.66. The maximum atomic E-state index is 10.5. The van der Waals surface area contributed by atoms with E-state index >= 15 is 0 Å². The van der Waals surface area contributed by atoms with E-state index in [0.717, 1.165) is 11.1 Å². The van der Waals surface area contributed by atoms with Crippen molar-refractivity contribution in [1.29, 1.82) is 0 Å². The van der Waals surface area contributed by atoms with E-state index < -0.39 is 5.97 Å². The van der Waals surface area contributed by atoms with Crippen molar-refractivity contribution in [2.24, 2.45) is 0 Å². The van der Waals surface area contributed by atoms with Crippen LogP contribution in [0.3, 0.4) is 0 Å². The Balaban J connectivity index is 2.92. The molecule has 0 fully saturated rings. The average Bonchev–Trinajstić information content (AvgIpc) is 2.38. The van der Waals surface area contributed by atoms with E-state index in [4.69, 9.17) is 19.3 Å². The van der Waals surface area contributed by atoms with E-state index in [9.17, 15) is 4.79 Å². The molecule has 0 atom stereocenters. The van der Waals surface area contributed by atoms with Crippen LogP contribution >= 0.6 is 0 Å². The molecule has 0 saturated carbocycles. The van der Waals surface area contributed by atoms with Crippen LogP contribution in [0.2, 0.25) is 0 Å². The Morgan fingerprint density at radius 3 is 2.47 bits per heavy atom. The van der Waals surface area contributed by atoms with Crippen LogP contribution in [0.5, 0.6) is 11.5 Å². The molecular formula is C14H20O5. The van der Waals surface area contributed by atoms with Crippen LogP contribution in [0, 0.1) is 0 Å². The Bertz CT molecular complexity index is 428. The molecule has 0 spiro atoms. The molecular weight excluding hydrogens is 248 g/mol. The van der Waals surface area contributed by atoms with Gasteiger partial charge in [-0.05, 0) is 30.5 Å². The Labute approximate surface area is 113 Å². The van der Waals surface area contributed by atoms with Gasteiger partial charge in [-0.2, -0.15) is 0 Å². The SMILES string of the molecule is COCc1cc(CCCC(=O)O)cc(OC)c1OC. The molecule has 106 valence electrons. The van der Waals surface area contributed by atoms with Gasteiger partial charge in [-0.15, -0.1) is 0 Å². The van der Waals surface area contributed by atoms with Crippen molar-refractivity contribution >= 4 is 5.97 Å². The van der Waals surface area contributed by atoms with Gasteiger partial charge in [-0.3, -0.25) is 4.79 Å². The van der Waals surface area contributed by atoms with Crippen LogP contribution in [0.4, 0.5) is 0 Å². The summed E-state index contributed by atoms with van der Waals surface area (Å²) in [5.74, 6) is 0.520. The number of ether oxygens (including phenoxy) is 3. The van der Waals surface area contributed by atoms with E-state index in [-0.39, 0.29) is 6.42 Å². The molecule has 0 aliphatic carbocycles. The van der Waals surface area contributed by atoms with Crippen LogP contribution in [-0.4, -0.2) is 32.4 Å². The maximum Gasteiger partial charge on any atom is 0.303 e. The number of carbonyl (C=O) groups is 1. The van der Waals surface area contributed by atoms with Crippen LogP contribution in [0.1, 0.15) is 24.0 Å². The molecule has 1 aromatic rings. The lowest BCUT2D eigenvalue weighted by atomic mass is 10.0. The Hall–Kier alpha value is -1.75. The lowest BCUT2D eigenvalue weighted by Gasteiger charge is -2.14. The zero-order valence-corrected chi connectivity index (χ0v) is 11.6. The first-order valence-electron chi connectivity index (χ1n) is 6.06. The van der Waals surface area contributed by atoms with E-state index in [1.54, 1.807) is 21.3 Å². The molecule has 1 N–H and O–H groups in total. The third-order valence-electron chi connectivity index (χ3n) is 2.77. The van der Waals surface area contributed by atoms with Gasteiger partial charge in [0.15, 0.2) is 11.5 Å². The van der Waals surface area contributed by atoms with Gasteiger partial charge in [0.25, 0.3) is 0 Å². The molecule has 19 heavy (non-hydrogen) atoms. The van der Waals surface area contributed by atoms with Gasteiger partial charge in [0.05, 0.1) is 20.8 Å². The van der Waals surface area contributed by atoms with Gasteiger partial charge in [0, 0.05) is 19.1 Å². The second kappa shape index (κ2) is 7.63. The Morgan fingerprint density at radius 1 is 1.21 bits per heavy atom. The number of aryl methyl sites for hydroxylation is 1. The minimum absolute atomic E-state index is 0.161. The molecule has 0 aliphatic rings. The van der Waals surface area contributed by atoms with Gasteiger partial charge < -0.3 is 19.3 Å². The molecule has 0 bridgehead atoms.